The Labute approximate surface area is 160 Å². The number of aryl methyl sites for hydroxylation is 1. The molecule has 2 rings (SSSR count). The largest absolute Gasteiger partial charge is 0.478 e. The average molecular weight is 397 g/mol. The third kappa shape index (κ3) is 4.87. The van der Waals surface area contributed by atoms with E-state index < -0.39 is 16.0 Å². The van der Waals surface area contributed by atoms with Crippen molar-refractivity contribution in [3.8, 4) is 0 Å². The van der Waals surface area contributed by atoms with Crippen molar-refractivity contribution < 1.29 is 23.1 Å². The minimum Gasteiger partial charge on any atom is -0.478 e. The van der Waals surface area contributed by atoms with Crippen LogP contribution in [0.1, 0.15) is 49.5 Å². The summed E-state index contributed by atoms with van der Waals surface area (Å²) in [6, 6.07) is 4.12. The van der Waals surface area contributed by atoms with Gasteiger partial charge < -0.3 is 10.4 Å². The summed E-state index contributed by atoms with van der Waals surface area (Å²) < 4.78 is 27.1. The van der Waals surface area contributed by atoms with Gasteiger partial charge in [-0.05, 0) is 56.4 Å². The van der Waals surface area contributed by atoms with Crippen LogP contribution in [0, 0.1) is 18.8 Å². The second-order valence-electron chi connectivity index (χ2n) is 7.50. The normalized spacial score (nSPS) is 17.7. The van der Waals surface area contributed by atoms with E-state index in [9.17, 15) is 18.0 Å². The van der Waals surface area contributed by atoms with E-state index in [1.54, 1.807) is 6.92 Å². The molecule has 1 fully saturated rings. The van der Waals surface area contributed by atoms with Crippen LogP contribution in [-0.2, 0) is 14.8 Å². The molecular formula is C19H28N2O5S. The van der Waals surface area contributed by atoms with Crippen LogP contribution in [0.4, 0.5) is 0 Å². The SMILES string of the molecule is Cc1cc(S(=O)(=O)N2CCC(C(=O)NC(C)C(C)C)CC2)ccc1C(=O)O. The lowest BCUT2D eigenvalue weighted by Crippen LogP contribution is -2.45. The maximum absolute atomic E-state index is 12.8. The zero-order valence-corrected chi connectivity index (χ0v) is 17.0. The predicted molar refractivity (Wildman–Crippen MR) is 102 cm³/mol. The van der Waals surface area contributed by atoms with Crippen LogP contribution >= 0.6 is 0 Å². The molecule has 1 aromatic carbocycles. The summed E-state index contributed by atoms with van der Waals surface area (Å²) in [6.45, 7) is 8.17. The summed E-state index contributed by atoms with van der Waals surface area (Å²) in [5, 5.41) is 12.1. The molecule has 1 aromatic rings. The molecule has 1 heterocycles. The highest BCUT2D eigenvalue weighted by molar-refractivity contribution is 7.89. The molecule has 2 N–H and O–H groups in total. The molecule has 0 bridgehead atoms. The van der Waals surface area contributed by atoms with Crippen LogP contribution in [0.3, 0.4) is 0 Å². The summed E-state index contributed by atoms with van der Waals surface area (Å²) in [5.41, 5.74) is 0.490. The zero-order valence-electron chi connectivity index (χ0n) is 16.2. The number of carboxylic acid groups (broad SMARTS) is 1. The number of nitrogens with one attached hydrogen (secondary N) is 1. The van der Waals surface area contributed by atoms with Crippen molar-refractivity contribution in [2.24, 2.45) is 11.8 Å². The number of sulfonamides is 1. The molecule has 0 aliphatic carbocycles. The molecule has 27 heavy (non-hydrogen) atoms. The van der Waals surface area contributed by atoms with E-state index in [0.29, 0.717) is 24.3 Å². The van der Waals surface area contributed by atoms with Crippen molar-refractivity contribution in [3.05, 3.63) is 29.3 Å². The Balaban J connectivity index is 2.05. The van der Waals surface area contributed by atoms with Crippen LogP contribution in [0.2, 0.25) is 0 Å². The van der Waals surface area contributed by atoms with Crippen LogP contribution in [0.5, 0.6) is 0 Å². The van der Waals surface area contributed by atoms with Gasteiger partial charge in [0.05, 0.1) is 10.5 Å². The second kappa shape index (κ2) is 8.39. The monoisotopic (exact) mass is 396 g/mol. The number of rotatable bonds is 6. The molecule has 7 nitrogen and oxygen atoms in total. The molecule has 1 atom stereocenters. The number of piperidine rings is 1. The van der Waals surface area contributed by atoms with E-state index in [1.165, 1.54) is 22.5 Å². The number of aromatic carboxylic acids is 1. The number of carbonyl (C=O) groups excluding carboxylic acids is 1. The van der Waals surface area contributed by atoms with Gasteiger partial charge in [-0.3, -0.25) is 4.79 Å². The highest BCUT2D eigenvalue weighted by Gasteiger charge is 2.32. The molecule has 0 spiro atoms. The van der Waals surface area contributed by atoms with Gasteiger partial charge in [0, 0.05) is 25.0 Å². The van der Waals surface area contributed by atoms with Crippen LogP contribution < -0.4 is 5.32 Å². The standard InChI is InChI=1S/C19H28N2O5S/c1-12(2)14(4)20-18(22)15-7-9-21(10-8-15)27(25,26)16-5-6-17(19(23)24)13(3)11-16/h5-6,11-12,14-15H,7-10H2,1-4H3,(H,20,22)(H,23,24). The molecule has 1 saturated heterocycles. The molecule has 1 amide bonds. The highest BCUT2D eigenvalue weighted by Crippen LogP contribution is 2.25. The molecular weight excluding hydrogens is 368 g/mol. The molecule has 1 unspecified atom stereocenters. The summed E-state index contributed by atoms with van der Waals surface area (Å²) in [4.78, 5) is 23.5. The van der Waals surface area contributed by atoms with E-state index >= 15 is 0 Å². The van der Waals surface area contributed by atoms with Gasteiger partial charge in [-0.2, -0.15) is 4.31 Å². The van der Waals surface area contributed by atoms with Crippen molar-refractivity contribution in [2.75, 3.05) is 13.1 Å². The number of benzene rings is 1. The first-order valence-corrected chi connectivity index (χ1v) is 10.6. The Kier molecular flexibility index (Phi) is 6.64. The van der Waals surface area contributed by atoms with E-state index in [-0.39, 0.29) is 41.4 Å². The van der Waals surface area contributed by atoms with Gasteiger partial charge in [0.15, 0.2) is 0 Å². The minimum absolute atomic E-state index is 0.0186. The smallest absolute Gasteiger partial charge is 0.335 e. The van der Waals surface area contributed by atoms with Crippen molar-refractivity contribution >= 4 is 21.9 Å². The van der Waals surface area contributed by atoms with Gasteiger partial charge >= 0.3 is 5.97 Å². The van der Waals surface area contributed by atoms with Crippen molar-refractivity contribution in [1.82, 2.24) is 9.62 Å². The number of hydrogen-bond acceptors (Lipinski definition) is 4. The average Bonchev–Trinajstić information content (AvgIpc) is 2.61. The summed E-state index contributed by atoms with van der Waals surface area (Å²) in [7, 11) is -3.70. The lowest BCUT2D eigenvalue weighted by molar-refractivity contribution is -0.127. The summed E-state index contributed by atoms with van der Waals surface area (Å²) >= 11 is 0. The molecule has 150 valence electrons. The van der Waals surface area contributed by atoms with Gasteiger partial charge in [0.1, 0.15) is 0 Å². The summed E-state index contributed by atoms with van der Waals surface area (Å²) in [6.07, 6.45) is 0.949. The molecule has 8 heteroatoms. The van der Waals surface area contributed by atoms with Crippen LogP contribution in [0.15, 0.2) is 23.1 Å². The van der Waals surface area contributed by atoms with Gasteiger partial charge in [0.2, 0.25) is 15.9 Å². The topological polar surface area (TPSA) is 104 Å². The Morgan fingerprint density at radius 3 is 2.26 bits per heavy atom. The Morgan fingerprint density at radius 1 is 1.19 bits per heavy atom. The lowest BCUT2D eigenvalue weighted by atomic mass is 9.96. The predicted octanol–water partition coefficient (Wildman–Crippen LogP) is 2.25. The molecule has 1 aliphatic heterocycles. The van der Waals surface area contributed by atoms with Gasteiger partial charge in [0.25, 0.3) is 0 Å². The van der Waals surface area contributed by atoms with Gasteiger partial charge in [-0.15, -0.1) is 0 Å². The van der Waals surface area contributed by atoms with Crippen LogP contribution in [0.25, 0.3) is 0 Å². The van der Waals surface area contributed by atoms with E-state index in [4.69, 9.17) is 5.11 Å². The number of amides is 1. The van der Waals surface area contributed by atoms with E-state index in [2.05, 4.69) is 5.32 Å². The fraction of sp³-hybridized carbons (Fsp3) is 0.579. The molecule has 0 aromatic heterocycles. The fourth-order valence-corrected chi connectivity index (χ4v) is 4.61. The third-order valence-corrected chi connectivity index (χ3v) is 7.16. The molecule has 1 aliphatic rings. The summed E-state index contributed by atoms with van der Waals surface area (Å²) in [5.74, 6) is -0.950. The molecule has 0 radical (unpaired) electrons. The lowest BCUT2D eigenvalue weighted by Gasteiger charge is -2.31. The van der Waals surface area contributed by atoms with Gasteiger partial charge in [-0.1, -0.05) is 13.8 Å². The first-order chi connectivity index (χ1) is 12.5. The fourth-order valence-electron chi connectivity index (χ4n) is 3.05. The van der Waals surface area contributed by atoms with Gasteiger partial charge in [-0.25, -0.2) is 13.2 Å². The van der Waals surface area contributed by atoms with Crippen LogP contribution in [-0.4, -0.2) is 48.8 Å². The van der Waals surface area contributed by atoms with E-state index in [1.807, 2.05) is 20.8 Å². The number of nitrogens with zero attached hydrogens (tertiary/aromatic N) is 1. The minimum atomic E-state index is -3.70. The van der Waals surface area contributed by atoms with Crippen molar-refractivity contribution in [3.63, 3.8) is 0 Å². The van der Waals surface area contributed by atoms with Crippen molar-refractivity contribution in [1.29, 1.82) is 0 Å². The quantitative estimate of drug-likeness (QED) is 0.768. The number of carboxylic acids is 1. The maximum atomic E-state index is 12.8. The van der Waals surface area contributed by atoms with Crippen molar-refractivity contribution in [2.45, 2.75) is 51.5 Å². The van der Waals surface area contributed by atoms with E-state index in [0.717, 1.165) is 0 Å². The zero-order chi connectivity index (χ0) is 20.4. The first kappa shape index (κ1) is 21.4. The maximum Gasteiger partial charge on any atom is 0.335 e. The third-order valence-electron chi connectivity index (χ3n) is 5.26. The second-order valence-corrected chi connectivity index (χ2v) is 9.44. The Bertz CT molecular complexity index is 811. The first-order valence-electron chi connectivity index (χ1n) is 9.18. The Morgan fingerprint density at radius 2 is 1.78 bits per heavy atom. The Hall–Kier alpha value is -1.93. The number of hydrogen-bond donors (Lipinski definition) is 2. The molecule has 0 saturated carbocycles. The number of carbonyl (C=O) groups is 2. The highest BCUT2D eigenvalue weighted by atomic mass is 32.2.